The number of halogens is 1. The first-order chi connectivity index (χ1) is 12.7. The molecule has 6 nitrogen and oxygen atoms in total. The second-order valence-electron chi connectivity index (χ2n) is 5.73. The van der Waals surface area contributed by atoms with Crippen molar-refractivity contribution >= 4 is 11.6 Å². The molecule has 0 fully saturated rings. The lowest BCUT2D eigenvalue weighted by Crippen LogP contribution is -2.17. The molecule has 1 aromatic heterocycles. The van der Waals surface area contributed by atoms with Crippen LogP contribution in [0.4, 0.5) is 10.1 Å². The van der Waals surface area contributed by atoms with E-state index in [-0.39, 0.29) is 12.5 Å². The number of carbonyl (C=O) groups is 1. The predicted molar refractivity (Wildman–Crippen MR) is 93.8 cm³/mol. The summed E-state index contributed by atoms with van der Waals surface area (Å²) >= 11 is 0. The molecule has 0 aliphatic carbocycles. The number of hydrogen-bond donors (Lipinski definition) is 1. The van der Waals surface area contributed by atoms with E-state index in [0.717, 1.165) is 5.56 Å². The maximum absolute atomic E-state index is 13.8. The normalized spacial score (nSPS) is 12.2. The largest absolute Gasteiger partial charge is 0.454 e. The smallest absolute Gasteiger partial charge is 0.274 e. The van der Waals surface area contributed by atoms with Gasteiger partial charge in [-0.2, -0.15) is 5.10 Å². The van der Waals surface area contributed by atoms with Crippen molar-refractivity contribution in [2.24, 2.45) is 0 Å². The quantitative estimate of drug-likeness (QED) is 0.777. The fourth-order valence-electron chi connectivity index (χ4n) is 2.79. The van der Waals surface area contributed by atoms with Gasteiger partial charge in [0, 0.05) is 12.1 Å². The second-order valence-corrected chi connectivity index (χ2v) is 5.73. The number of benzene rings is 2. The van der Waals surface area contributed by atoms with Crippen LogP contribution < -0.4 is 14.8 Å². The minimum Gasteiger partial charge on any atom is -0.454 e. The Balaban J connectivity index is 1.65. The number of fused-ring (bicyclic) bond motifs is 1. The molecule has 0 radical (unpaired) electrons. The highest BCUT2D eigenvalue weighted by atomic mass is 19.1. The minimum atomic E-state index is -0.487. The molecule has 1 aliphatic rings. The van der Waals surface area contributed by atoms with Crippen LogP contribution in [0.15, 0.2) is 48.5 Å². The lowest BCUT2D eigenvalue weighted by molar-refractivity contribution is 0.101. The van der Waals surface area contributed by atoms with Crippen LogP contribution in [0.2, 0.25) is 0 Å². The molecule has 7 heteroatoms. The van der Waals surface area contributed by atoms with Gasteiger partial charge in [0.2, 0.25) is 6.79 Å². The van der Waals surface area contributed by atoms with E-state index in [1.165, 1.54) is 12.1 Å². The number of nitrogens with zero attached hydrogens (tertiary/aromatic N) is 2. The highest BCUT2D eigenvalue weighted by Gasteiger charge is 2.19. The van der Waals surface area contributed by atoms with Gasteiger partial charge in [-0.3, -0.25) is 9.48 Å². The zero-order chi connectivity index (χ0) is 18.1. The molecule has 2 aromatic carbocycles. The van der Waals surface area contributed by atoms with Gasteiger partial charge in [-0.1, -0.05) is 12.1 Å². The zero-order valence-corrected chi connectivity index (χ0v) is 14.0. The van der Waals surface area contributed by atoms with Crippen LogP contribution in [0.3, 0.4) is 0 Å². The molecule has 0 unspecified atom stereocenters. The van der Waals surface area contributed by atoms with E-state index >= 15 is 0 Å². The van der Waals surface area contributed by atoms with Crippen molar-refractivity contribution in [2.45, 2.75) is 13.5 Å². The molecule has 3 aromatic rings. The Labute approximate surface area is 149 Å². The van der Waals surface area contributed by atoms with Crippen LogP contribution in [-0.2, 0) is 6.54 Å². The van der Waals surface area contributed by atoms with Crippen LogP contribution in [0.5, 0.6) is 11.5 Å². The SMILES string of the molecule is CCn1nc(-c2ccc3c(c2)OCO3)cc1C(=O)Nc1ccccc1F. The van der Waals surface area contributed by atoms with E-state index in [1.54, 1.807) is 22.9 Å². The monoisotopic (exact) mass is 353 g/mol. The fourth-order valence-corrected chi connectivity index (χ4v) is 2.79. The third kappa shape index (κ3) is 2.88. The number of amides is 1. The highest BCUT2D eigenvalue weighted by molar-refractivity contribution is 6.03. The number of aryl methyl sites for hydroxylation is 1. The summed E-state index contributed by atoms with van der Waals surface area (Å²) < 4.78 is 26.1. The van der Waals surface area contributed by atoms with E-state index < -0.39 is 11.7 Å². The summed E-state index contributed by atoms with van der Waals surface area (Å²) in [5, 5.41) is 7.06. The van der Waals surface area contributed by atoms with Crippen molar-refractivity contribution in [3.8, 4) is 22.8 Å². The Morgan fingerprint density at radius 3 is 2.81 bits per heavy atom. The molecule has 4 rings (SSSR count). The molecule has 1 N–H and O–H groups in total. The Morgan fingerprint density at radius 2 is 2.00 bits per heavy atom. The molecule has 0 bridgehead atoms. The van der Waals surface area contributed by atoms with Crippen molar-refractivity contribution in [3.05, 3.63) is 60.0 Å². The third-order valence-corrected chi connectivity index (χ3v) is 4.10. The fraction of sp³-hybridized carbons (Fsp3) is 0.158. The maximum atomic E-state index is 13.8. The van der Waals surface area contributed by atoms with E-state index in [1.807, 2.05) is 25.1 Å². The van der Waals surface area contributed by atoms with Gasteiger partial charge in [-0.15, -0.1) is 0 Å². The summed E-state index contributed by atoms with van der Waals surface area (Å²) in [5.74, 6) is 0.419. The van der Waals surface area contributed by atoms with E-state index in [4.69, 9.17) is 9.47 Å². The van der Waals surface area contributed by atoms with Crippen LogP contribution in [0, 0.1) is 5.82 Å². The molecule has 132 valence electrons. The topological polar surface area (TPSA) is 65.4 Å². The third-order valence-electron chi connectivity index (χ3n) is 4.10. The number of carbonyl (C=O) groups excluding carboxylic acids is 1. The number of aromatic nitrogens is 2. The molecule has 26 heavy (non-hydrogen) atoms. The van der Waals surface area contributed by atoms with Gasteiger partial charge in [-0.05, 0) is 43.3 Å². The summed E-state index contributed by atoms with van der Waals surface area (Å²) in [6, 6.07) is 13.2. The van der Waals surface area contributed by atoms with Gasteiger partial charge in [0.15, 0.2) is 11.5 Å². The van der Waals surface area contributed by atoms with Crippen molar-refractivity contribution in [3.63, 3.8) is 0 Å². The molecule has 1 aliphatic heterocycles. The number of anilines is 1. The standard InChI is InChI=1S/C19H16FN3O3/c1-2-23-16(19(24)21-14-6-4-3-5-13(14)20)10-15(22-23)12-7-8-17-18(9-12)26-11-25-17/h3-10H,2,11H2,1H3,(H,21,24). The van der Waals surface area contributed by atoms with Crippen molar-refractivity contribution in [1.82, 2.24) is 9.78 Å². The van der Waals surface area contributed by atoms with Gasteiger partial charge >= 0.3 is 0 Å². The first-order valence-corrected chi connectivity index (χ1v) is 8.19. The van der Waals surface area contributed by atoms with Gasteiger partial charge in [0.1, 0.15) is 11.5 Å². The van der Waals surface area contributed by atoms with Gasteiger partial charge in [0.25, 0.3) is 5.91 Å². The van der Waals surface area contributed by atoms with Gasteiger partial charge < -0.3 is 14.8 Å². The zero-order valence-electron chi connectivity index (χ0n) is 14.0. The number of nitrogens with one attached hydrogen (secondary N) is 1. The Kier molecular flexibility index (Phi) is 4.04. The van der Waals surface area contributed by atoms with Crippen LogP contribution >= 0.6 is 0 Å². The van der Waals surface area contributed by atoms with E-state index in [2.05, 4.69) is 10.4 Å². The summed E-state index contributed by atoms with van der Waals surface area (Å²) in [7, 11) is 0. The Morgan fingerprint density at radius 1 is 1.19 bits per heavy atom. The summed E-state index contributed by atoms with van der Waals surface area (Å²) in [5.41, 5.74) is 1.92. The molecule has 0 saturated heterocycles. The maximum Gasteiger partial charge on any atom is 0.274 e. The first kappa shape index (κ1) is 16.1. The summed E-state index contributed by atoms with van der Waals surface area (Å²) in [6.07, 6.45) is 0. The van der Waals surface area contributed by atoms with Crippen LogP contribution in [0.1, 0.15) is 17.4 Å². The summed E-state index contributed by atoms with van der Waals surface area (Å²) in [4.78, 5) is 12.6. The van der Waals surface area contributed by atoms with E-state index in [9.17, 15) is 9.18 Å². The molecule has 1 amide bonds. The number of para-hydroxylation sites is 1. The van der Waals surface area contributed by atoms with E-state index in [0.29, 0.717) is 29.4 Å². The molecule has 0 spiro atoms. The van der Waals surface area contributed by atoms with Crippen molar-refractivity contribution < 1.29 is 18.7 Å². The molecule has 0 saturated carbocycles. The first-order valence-electron chi connectivity index (χ1n) is 8.19. The number of ether oxygens (including phenoxy) is 2. The molecular formula is C19H16FN3O3. The predicted octanol–water partition coefficient (Wildman–Crippen LogP) is 3.69. The molecule has 0 atom stereocenters. The number of rotatable bonds is 4. The van der Waals surface area contributed by atoms with Crippen molar-refractivity contribution in [1.29, 1.82) is 0 Å². The minimum absolute atomic E-state index is 0.131. The van der Waals surface area contributed by atoms with Crippen molar-refractivity contribution in [2.75, 3.05) is 12.1 Å². The second kappa shape index (κ2) is 6.51. The Hall–Kier alpha value is -3.35. The average molecular weight is 353 g/mol. The molecular weight excluding hydrogens is 337 g/mol. The lowest BCUT2D eigenvalue weighted by atomic mass is 10.1. The van der Waals surface area contributed by atoms with Gasteiger partial charge in [0.05, 0.1) is 11.4 Å². The van der Waals surface area contributed by atoms with Crippen LogP contribution in [0.25, 0.3) is 11.3 Å². The van der Waals surface area contributed by atoms with Crippen LogP contribution in [-0.4, -0.2) is 22.5 Å². The highest BCUT2D eigenvalue weighted by Crippen LogP contribution is 2.35. The summed E-state index contributed by atoms with van der Waals surface area (Å²) in [6.45, 7) is 2.58. The van der Waals surface area contributed by atoms with Gasteiger partial charge in [-0.25, -0.2) is 4.39 Å². The molecule has 2 heterocycles. The number of hydrogen-bond acceptors (Lipinski definition) is 4. The Bertz CT molecular complexity index is 984. The lowest BCUT2D eigenvalue weighted by Gasteiger charge is -2.07. The average Bonchev–Trinajstić information content (AvgIpc) is 3.29.